The lowest BCUT2D eigenvalue weighted by molar-refractivity contribution is -0.126. The molecule has 0 heterocycles. The van der Waals surface area contributed by atoms with E-state index in [0.29, 0.717) is 0 Å². The van der Waals surface area contributed by atoms with Gasteiger partial charge in [0.2, 0.25) is 5.91 Å². The van der Waals surface area contributed by atoms with E-state index >= 15 is 0 Å². The van der Waals surface area contributed by atoms with Gasteiger partial charge in [0.1, 0.15) is 5.75 Å². The fourth-order valence-electron chi connectivity index (χ4n) is 2.96. The van der Waals surface area contributed by atoms with E-state index in [1.165, 1.54) is 0 Å². The molecule has 4 heteroatoms. The fraction of sp³-hybridized carbons (Fsp3) is 0.588. The molecule has 1 aromatic carbocycles. The average molecular weight is 291 g/mol. The van der Waals surface area contributed by atoms with E-state index in [1.807, 2.05) is 38.1 Å². The second-order valence-electron chi connectivity index (χ2n) is 7.19. The summed E-state index contributed by atoms with van der Waals surface area (Å²) in [6.45, 7) is 7.76. The van der Waals surface area contributed by atoms with Crippen molar-refractivity contribution in [3.05, 3.63) is 29.8 Å². The SMILES string of the molecule is COc1ccc([C@@]2(C(=O)NC(C)(C)CO)CC2(C)C)cc1. The first-order valence-electron chi connectivity index (χ1n) is 7.26. The third-order valence-electron chi connectivity index (χ3n) is 4.56. The van der Waals surface area contributed by atoms with E-state index < -0.39 is 11.0 Å². The van der Waals surface area contributed by atoms with Crippen LogP contribution < -0.4 is 10.1 Å². The molecule has 0 saturated heterocycles. The third kappa shape index (κ3) is 2.64. The normalized spacial score (nSPS) is 23.5. The molecule has 1 atom stereocenters. The lowest BCUT2D eigenvalue weighted by Crippen LogP contribution is -2.51. The topological polar surface area (TPSA) is 58.6 Å². The Bertz CT molecular complexity index is 533. The Balaban J connectivity index is 2.32. The molecule has 0 radical (unpaired) electrons. The number of aliphatic hydroxyl groups excluding tert-OH is 1. The fourth-order valence-corrected chi connectivity index (χ4v) is 2.96. The molecule has 1 aromatic rings. The minimum absolute atomic E-state index is 0.0169. The van der Waals surface area contributed by atoms with Gasteiger partial charge >= 0.3 is 0 Å². The molecule has 0 spiro atoms. The summed E-state index contributed by atoms with van der Waals surface area (Å²) in [5.41, 5.74) is -0.224. The quantitative estimate of drug-likeness (QED) is 0.875. The second-order valence-corrected chi connectivity index (χ2v) is 7.19. The zero-order chi connectivity index (χ0) is 15.9. The summed E-state index contributed by atoms with van der Waals surface area (Å²) in [6.07, 6.45) is 0.805. The summed E-state index contributed by atoms with van der Waals surface area (Å²) < 4.78 is 5.18. The maximum absolute atomic E-state index is 12.8. The van der Waals surface area contributed by atoms with Crippen molar-refractivity contribution in [2.24, 2.45) is 5.41 Å². The molecule has 1 aliphatic rings. The maximum atomic E-state index is 12.8. The van der Waals surface area contributed by atoms with Crippen molar-refractivity contribution in [2.75, 3.05) is 13.7 Å². The van der Waals surface area contributed by atoms with Gasteiger partial charge in [-0.25, -0.2) is 0 Å². The van der Waals surface area contributed by atoms with Gasteiger partial charge in [0.05, 0.1) is 24.7 Å². The Hall–Kier alpha value is -1.55. The molecule has 1 fully saturated rings. The van der Waals surface area contributed by atoms with Gasteiger partial charge < -0.3 is 15.2 Å². The maximum Gasteiger partial charge on any atom is 0.231 e. The number of amides is 1. The first-order valence-corrected chi connectivity index (χ1v) is 7.26. The van der Waals surface area contributed by atoms with Crippen molar-refractivity contribution in [3.63, 3.8) is 0 Å². The van der Waals surface area contributed by atoms with Gasteiger partial charge in [0.25, 0.3) is 0 Å². The predicted molar refractivity (Wildman–Crippen MR) is 82.4 cm³/mol. The molecular weight excluding hydrogens is 266 g/mol. The van der Waals surface area contributed by atoms with Crippen molar-refractivity contribution in [2.45, 2.75) is 45.1 Å². The van der Waals surface area contributed by atoms with E-state index in [-0.39, 0.29) is 17.9 Å². The van der Waals surface area contributed by atoms with Gasteiger partial charge in [0.15, 0.2) is 0 Å². The molecule has 1 aliphatic carbocycles. The van der Waals surface area contributed by atoms with Gasteiger partial charge in [-0.15, -0.1) is 0 Å². The van der Waals surface area contributed by atoms with Crippen molar-refractivity contribution in [3.8, 4) is 5.75 Å². The summed E-state index contributed by atoms with van der Waals surface area (Å²) in [6, 6.07) is 7.68. The van der Waals surface area contributed by atoms with Crippen LogP contribution in [0.25, 0.3) is 0 Å². The number of carbonyl (C=O) groups excluding carboxylic acids is 1. The van der Waals surface area contributed by atoms with Crippen LogP contribution in [-0.4, -0.2) is 30.3 Å². The van der Waals surface area contributed by atoms with Gasteiger partial charge in [-0.1, -0.05) is 26.0 Å². The summed E-state index contributed by atoms with van der Waals surface area (Å²) in [7, 11) is 1.63. The number of methoxy groups -OCH3 is 1. The molecule has 0 unspecified atom stereocenters. The first-order chi connectivity index (χ1) is 9.68. The first kappa shape index (κ1) is 15.8. The number of carbonyl (C=O) groups is 1. The van der Waals surface area contributed by atoms with Crippen LogP contribution in [0.2, 0.25) is 0 Å². The highest BCUT2D eigenvalue weighted by atomic mass is 16.5. The Morgan fingerprint density at radius 2 is 1.86 bits per heavy atom. The van der Waals surface area contributed by atoms with Crippen LogP contribution in [0.3, 0.4) is 0 Å². The van der Waals surface area contributed by atoms with E-state index in [1.54, 1.807) is 7.11 Å². The zero-order valence-corrected chi connectivity index (χ0v) is 13.5. The minimum atomic E-state index is -0.616. The second kappa shape index (κ2) is 5.02. The number of aliphatic hydroxyl groups is 1. The van der Waals surface area contributed by atoms with Gasteiger partial charge in [0, 0.05) is 0 Å². The van der Waals surface area contributed by atoms with Crippen LogP contribution >= 0.6 is 0 Å². The lowest BCUT2D eigenvalue weighted by atomic mass is 9.86. The molecule has 21 heavy (non-hydrogen) atoms. The Kier molecular flexibility index (Phi) is 3.79. The largest absolute Gasteiger partial charge is 0.497 e. The Morgan fingerprint density at radius 1 is 1.33 bits per heavy atom. The van der Waals surface area contributed by atoms with Crippen molar-refractivity contribution >= 4 is 5.91 Å². The van der Waals surface area contributed by atoms with Crippen LogP contribution in [0.4, 0.5) is 0 Å². The number of ether oxygens (including phenoxy) is 1. The van der Waals surface area contributed by atoms with Crippen LogP contribution in [0.5, 0.6) is 5.75 Å². The molecule has 116 valence electrons. The van der Waals surface area contributed by atoms with E-state index in [4.69, 9.17) is 4.74 Å². The Morgan fingerprint density at radius 3 is 2.24 bits per heavy atom. The highest BCUT2D eigenvalue weighted by molar-refractivity contribution is 5.93. The molecule has 1 saturated carbocycles. The predicted octanol–water partition coefficient (Wildman–Crippen LogP) is 2.25. The molecule has 0 aromatic heterocycles. The summed E-state index contributed by atoms with van der Waals surface area (Å²) in [5, 5.41) is 12.3. The van der Waals surface area contributed by atoms with E-state index in [0.717, 1.165) is 17.7 Å². The molecule has 4 nitrogen and oxygen atoms in total. The standard InChI is InChI=1S/C17H25NO3/c1-15(2)10-17(15,14(20)18-16(3,4)11-19)12-6-8-13(21-5)9-7-12/h6-9,19H,10-11H2,1-5H3,(H,18,20)/t17-/m1/s1. The van der Waals surface area contributed by atoms with Crippen molar-refractivity contribution < 1.29 is 14.6 Å². The van der Waals surface area contributed by atoms with Gasteiger partial charge in [-0.3, -0.25) is 4.79 Å². The summed E-state index contributed by atoms with van der Waals surface area (Å²) in [5.74, 6) is 0.764. The molecule has 0 bridgehead atoms. The van der Waals surface area contributed by atoms with Crippen LogP contribution in [0.15, 0.2) is 24.3 Å². The monoisotopic (exact) mass is 291 g/mol. The average Bonchev–Trinajstić information content (AvgIpc) is 3.03. The van der Waals surface area contributed by atoms with Crippen molar-refractivity contribution in [1.29, 1.82) is 0 Å². The summed E-state index contributed by atoms with van der Waals surface area (Å²) >= 11 is 0. The number of hydrogen-bond acceptors (Lipinski definition) is 3. The molecule has 2 rings (SSSR count). The van der Waals surface area contributed by atoms with Crippen molar-refractivity contribution in [1.82, 2.24) is 5.32 Å². The minimum Gasteiger partial charge on any atom is -0.497 e. The smallest absolute Gasteiger partial charge is 0.231 e. The van der Waals surface area contributed by atoms with E-state index in [9.17, 15) is 9.90 Å². The number of benzene rings is 1. The van der Waals surface area contributed by atoms with Crippen LogP contribution in [-0.2, 0) is 10.2 Å². The van der Waals surface area contributed by atoms with Crippen LogP contribution in [0, 0.1) is 5.41 Å². The highest BCUT2D eigenvalue weighted by Crippen LogP contribution is 2.64. The van der Waals surface area contributed by atoms with Crippen LogP contribution in [0.1, 0.15) is 39.7 Å². The number of nitrogens with one attached hydrogen (secondary N) is 1. The molecule has 0 aliphatic heterocycles. The number of hydrogen-bond donors (Lipinski definition) is 2. The van der Waals surface area contributed by atoms with E-state index in [2.05, 4.69) is 19.2 Å². The molecular formula is C17H25NO3. The lowest BCUT2D eigenvalue weighted by Gasteiger charge is -2.29. The Labute approximate surface area is 126 Å². The third-order valence-corrected chi connectivity index (χ3v) is 4.56. The summed E-state index contributed by atoms with van der Waals surface area (Å²) in [4.78, 5) is 12.8. The molecule has 2 N–H and O–H groups in total. The van der Waals surface area contributed by atoms with Gasteiger partial charge in [-0.2, -0.15) is 0 Å². The molecule has 1 amide bonds. The zero-order valence-electron chi connectivity index (χ0n) is 13.5. The highest BCUT2D eigenvalue weighted by Gasteiger charge is 2.67. The van der Waals surface area contributed by atoms with Gasteiger partial charge in [-0.05, 0) is 43.4 Å². The number of rotatable bonds is 5.